The van der Waals surface area contributed by atoms with Gasteiger partial charge in [-0.2, -0.15) is 5.10 Å². The van der Waals surface area contributed by atoms with Crippen molar-refractivity contribution in [2.24, 2.45) is 4.99 Å². The summed E-state index contributed by atoms with van der Waals surface area (Å²) in [5.74, 6) is 1.33. The maximum atomic E-state index is 8.79. The Morgan fingerprint density at radius 2 is 1.94 bits per heavy atom. The SMILES string of the molecule is CN=CC(C(=N)CN(C)c1cccnc1)c1cnc2ccc(Nc3cc(C(C)C)cnn3)nc2c1. The number of nitrogens with one attached hydrogen (secondary N) is 2. The van der Waals surface area contributed by atoms with Crippen LogP contribution in [0.4, 0.5) is 17.3 Å². The van der Waals surface area contributed by atoms with Crippen LogP contribution in [-0.4, -0.2) is 57.7 Å². The summed E-state index contributed by atoms with van der Waals surface area (Å²) in [5.41, 5.74) is 4.90. The van der Waals surface area contributed by atoms with Crippen LogP contribution in [0.5, 0.6) is 0 Å². The van der Waals surface area contributed by atoms with Gasteiger partial charge >= 0.3 is 0 Å². The van der Waals surface area contributed by atoms with E-state index in [1.54, 1.807) is 38.0 Å². The second-order valence-corrected chi connectivity index (χ2v) is 8.63. The molecule has 35 heavy (non-hydrogen) atoms. The summed E-state index contributed by atoms with van der Waals surface area (Å²) in [4.78, 5) is 19.7. The molecule has 4 aromatic heterocycles. The average molecular weight is 468 g/mol. The zero-order valence-corrected chi connectivity index (χ0v) is 20.3. The highest BCUT2D eigenvalue weighted by Crippen LogP contribution is 2.23. The summed E-state index contributed by atoms with van der Waals surface area (Å²) in [7, 11) is 3.66. The fourth-order valence-corrected chi connectivity index (χ4v) is 3.70. The van der Waals surface area contributed by atoms with Gasteiger partial charge in [-0.1, -0.05) is 13.8 Å². The van der Waals surface area contributed by atoms with E-state index >= 15 is 0 Å². The second kappa shape index (κ2) is 10.8. The first kappa shape index (κ1) is 23.9. The van der Waals surface area contributed by atoms with Gasteiger partial charge < -0.3 is 15.6 Å². The largest absolute Gasteiger partial charge is 0.368 e. The summed E-state index contributed by atoms with van der Waals surface area (Å²) in [6.07, 6.45) is 8.86. The molecule has 0 aliphatic carbocycles. The van der Waals surface area contributed by atoms with Gasteiger partial charge in [0.1, 0.15) is 5.82 Å². The van der Waals surface area contributed by atoms with Gasteiger partial charge in [0.05, 0.1) is 41.6 Å². The summed E-state index contributed by atoms with van der Waals surface area (Å²) < 4.78 is 0. The van der Waals surface area contributed by atoms with E-state index in [-0.39, 0.29) is 5.92 Å². The van der Waals surface area contributed by atoms with Gasteiger partial charge in [-0.25, -0.2) is 4.98 Å². The minimum atomic E-state index is -0.317. The smallest absolute Gasteiger partial charge is 0.154 e. The predicted octanol–water partition coefficient (Wildman–Crippen LogP) is 4.62. The summed E-state index contributed by atoms with van der Waals surface area (Å²) in [5, 5.41) is 20.3. The normalized spacial score (nSPS) is 12.3. The van der Waals surface area contributed by atoms with E-state index in [1.165, 1.54) is 0 Å². The van der Waals surface area contributed by atoms with Gasteiger partial charge in [0.15, 0.2) is 5.82 Å². The zero-order chi connectivity index (χ0) is 24.8. The maximum Gasteiger partial charge on any atom is 0.154 e. The molecule has 0 radical (unpaired) electrons. The molecule has 0 bridgehead atoms. The Kier molecular flexibility index (Phi) is 7.35. The van der Waals surface area contributed by atoms with Crippen molar-refractivity contribution in [1.82, 2.24) is 25.1 Å². The highest BCUT2D eigenvalue weighted by molar-refractivity contribution is 6.04. The molecule has 4 aromatic rings. The number of pyridine rings is 3. The molecule has 0 saturated carbocycles. The molecule has 0 aromatic carbocycles. The van der Waals surface area contributed by atoms with Crippen molar-refractivity contribution in [3.63, 3.8) is 0 Å². The van der Waals surface area contributed by atoms with E-state index < -0.39 is 0 Å². The summed E-state index contributed by atoms with van der Waals surface area (Å²) >= 11 is 0. The predicted molar refractivity (Wildman–Crippen MR) is 141 cm³/mol. The van der Waals surface area contributed by atoms with E-state index in [9.17, 15) is 0 Å². The third kappa shape index (κ3) is 5.81. The fraction of sp³-hybridized carbons (Fsp3) is 0.269. The van der Waals surface area contributed by atoms with E-state index in [1.807, 2.05) is 48.3 Å². The van der Waals surface area contributed by atoms with Crippen molar-refractivity contribution in [2.75, 3.05) is 30.9 Å². The van der Waals surface area contributed by atoms with Crippen LogP contribution in [0.15, 0.2) is 66.2 Å². The quantitative estimate of drug-likeness (QED) is 0.345. The summed E-state index contributed by atoms with van der Waals surface area (Å²) in [6.45, 7) is 4.66. The van der Waals surface area contributed by atoms with E-state index in [4.69, 9.17) is 10.4 Å². The Morgan fingerprint density at radius 1 is 1.09 bits per heavy atom. The van der Waals surface area contributed by atoms with E-state index in [2.05, 4.69) is 44.3 Å². The van der Waals surface area contributed by atoms with Crippen molar-refractivity contribution in [2.45, 2.75) is 25.7 Å². The number of anilines is 3. The number of hydrogen-bond donors (Lipinski definition) is 2. The Morgan fingerprint density at radius 3 is 2.69 bits per heavy atom. The van der Waals surface area contributed by atoms with Gasteiger partial charge in [-0.3, -0.25) is 15.0 Å². The lowest BCUT2D eigenvalue weighted by molar-refractivity contribution is 0.843. The third-order valence-electron chi connectivity index (χ3n) is 5.68. The Labute approximate surface area is 204 Å². The number of aromatic nitrogens is 5. The average Bonchev–Trinajstić information content (AvgIpc) is 2.87. The molecule has 0 aliphatic heterocycles. The lowest BCUT2D eigenvalue weighted by atomic mass is 9.95. The molecule has 9 nitrogen and oxygen atoms in total. The number of nitrogens with zero attached hydrogens (tertiary/aromatic N) is 7. The molecule has 0 fully saturated rings. The van der Waals surface area contributed by atoms with Gasteiger partial charge in [0.25, 0.3) is 0 Å². The second-order valence-electron chi connectivity index (χ2n) is 8.63. The fourth-order valence-electron chi connectivity index (χ4n) is 3.70. The topological polar surface area (TPSA) is 116 Å². The maximum absolute atomic E-state index is 8.79. The Hall–Kier alpha value is -4.27. The molecule has 0 spiro atoms. The van der Waals surface area contributed by atoms with Crippen LogP contribution in [0.2, 0.25) is 0 Å². The molecule has 0 amide bonds. The van der Waals surface area contributed by atoms with Gasteiger partial charge in [-0.15, -0.1) is 5.10 Å². The molecule has 1 atom stereocenters. The van der Waals surface area contributed by atoms with Crippen LogP contribution in [0, 0.1) is 5.41 Å². The number of hydrogen-bond acceptors (Lipinski definition) is 9. The van der Waals surface area contributed by atoms with Gasteiger partial charge in [0.2, 0.25) is 0 Å². The Bertz CT molecular complexity index is 1340. The number of rotatable bonds is 9. The van der Waals surface area contributed by atoms with Crippen LogP contribution in [0.3, 0.4) is 0 Å². The minimum Gasteiger partial charge on any atom is -0.368 e. The van der Waals surface area contributed by atoms with Crippen LogP contribution in [0.25, 0.3) is 11.0 Å². The van der Waals surface area contributed by atoms with Crippen LogP contribution < -0.4 is 10.2 Å². The van der Waals surface area contributed by atoms with Crippen LogP contribution in [0.1, 0.15) is 36.8 Å². The molecule has 4 rings (SSSR count). The standard InChI is InChI=1S/C26H29N9/c1-17(2)18-11-26(34-31-13-18)33-25-8-7-23-24(32-25)10-19(12-30-23)21(15-28-3)22(27)16-35(4)20-6-5-9-29-14-20/h5-15,17,21,27H,16H2,1-4H3,(H,32,33,34). The van der Waals surface area contributed by atoms with Crippen molar-refractivity contribution in [1.29, 1.82) is 5.41 Å². The van der Waals surface area contributed by atoms with Crippen molar-refractivity contribution < 1.29 is 0 Å². The lowest BCUT2D eigenvalue weighted by Gasteiger charge is -2.22. The first-order valence-corrected chi connectivity index (χ1v) is 11.4. The van der Waals surface area contributed by atoms with Gasteiger partial charge in [-0.05, 0) is 53.4 Å². The highest BCUT2D eigenvalue weighted by atomic mass is 15.2. The minimum absolute atomic E-state index is 0.317. The van der Waals surface area contributed by atoms with Crippen molar-refractivity contribution in [3.8, 4) is 0 Å². The molecule has 9 heteroatoms. The summed E-state index contributed by atoms with van der Waals surface area (Å²) in [6, 6.07) is 11.6. The van der Waals surface area contributed by atoms with E-state index in [0.717, 1.165) is 27.8 Å². The van der Waals surface area contributed by atoms with Gasteiger partial charge in [0, 0.05) is 38.4 Å². The first-order valence-electron chi connectivity index (χ1n) is 11.4. The van der Waals surface area contributed by atoms with Crippen molar-refractivity contribution >= 4 is 40.3 Å². The Balaban J connectivity index is 1.58. The number of aliphatic imine (C=N–C) groups is 1. The molecule has 178 valence electrons. The third-order valence-corrected chi connectivity index (χ3v) is 5.68. The highest BCUT2D eigenvalue weighted by Gasteiger charge is 2.18. The molecule has 1 unspecified atom stereocenters. The molecule has 0 saturated heterocycles. The van der Waals surface area contributed by atoms with Crippen LogP contribution in [-0.2, 0) is 0 Å². The molecular weight excluding hydrogens is 438 g/mol. The number of fused-ring (bicyclic) bond motifs is 1. The molecular formula is C26H29N9. The molecule has 0 aliphatic rings. The monoisotopic (exact) mass is 467 g/mol. The zero-order valence-electron chi connectivity index (χ0n) is 20.3. The van der Waals surface area contributed by atoms with E-state index in [0.29, 0.717) is 29.8 Å². The lowest BCUT2D eigenvalue weighted by Crippen LogP contribution is -2.29. The molecule has 4 heterocycles. The van der Waals surface area contributed by atoms with Crippen molar-refractivity contribution in [3.05, 3.63) is 72.3 Å². The first-order chi connectivity index (χ1) is 16.9. The van der Waals surface area contributed by atoms with Crippen LogP contribution >= 0.6 is 0 Å². The molecule has 2 N–H and O–H groups in total.